The number of amides is 1. The third kappa shape index (κ3) is 3.58. The van der Waals surface area contributed by atoms with E-state index >= 15 is 0 Å². The molecule has 0 aromatic heterocycles. The minimum atomic E-state index is -1.05. The molecule has 4 heteroatoms. The molecule has 1 aliphatic heterocycles. The number of alkyl halides is 1. The molecule has 25 heavy (non-hydrogen) atoms. The summed E-state index contributed by atoms with van der Waals surface area (Å²) in [5, 5.41) is 11.3. The van der Waals surface area contributed by atoms with Crippen LogP contribution in [0.5, 0.6) is 0 Å². The highest BCUT2D eigenvalue weighted by atomic mass is 35.5. The minimum absolute atomic E-state index is 0.0249. The van der Waals surface area contributed by atoms with Gasteiger partial charge in [-0.25, -0.2) is 0 Å². The first-order chi connectivity index (χ1) is 12.0. The largest absolute Gasteiger partial charge is 0.380 e. The Labute approximate surface area is 154 Å². The third-order valence-corrected chi connectivity index (χ3v) is 5.35. The third-order valence-electron chi connectivity index (χ3n) is 5.17. The average molecular weight is 358 g/mol. The van der Waals surface area contributed by atoms with Crippen molar-refractivity contribution < 1.29 is 9.90 Å². The molecule has 0 saturated carbocycles. The molecule has 1 heterocycles. The smallest absolute Gasteiger partial charge is 0.240 e. The van der Waals surface area contributed by atoms with Crippen molar-refractivity contribution in [3.63, 3.8) is 0 Å². The Bertz CT molecular complexity index is 655. The van der Waals surface area contributed by atoms with Crippen LogP contribution >= 0.6 is 11.6 Å². The quantitative estimate of drug-likeness (QED) is 0.846. The Morgan fingerprint density at radius 3 is 1.88 bits per heavy atom. The van der Waals surface area contributed by atoms with Crippen molar-refractivity contribution in [1.29, 1.82) is 0 Å². The molecule has 0 radical (unpaired) electrons. The Balaban J connectivity index is 1.89. The van der Waals surface area contributed by atoms with Crippen LogP contribution in [-0.4, -0.2) is 34.4 Å². The summed E-state index contributed by atoms with van der Waals surface area (Å²) in [6, 6.07) is 19.6. The highest BCUT2D eigenvalue weighted by molar-refractivity contribution is 6.30. The lowest BCUT2D eigenvalue weighted by Crippen LogP contribution is -2.47. The van der Waals surface area contributed by atoms with Crippen LogP contribution in [0.15, 0.2) is 60.7 Å². The number of carbonyl (C=O) groups excluding carboxylic acids is 1. The van der Waals surface area contributed by atoms with Gasteiger partial charge >= 0.3 is 0 Å². The molecule has 1 amide bonds. The van der Waals surface area contributed by atoms with Crippen LogP contribution in [0.3, 0.4) is 0 Å². The fourth-order valence-electron chi connectivity index (χ4n) is 3.79. The lowest BCUT2D eigenvalue weighted by molar-refractivity contribution is -0.133. The van der Waals surface area contributed by atoms with E-state index in [2.05, 4.69) is 0 Å². The van der Waals surface area contributed by atoms with Crippen molar-refractivity contribution in [3.05, 3.63) is 71.8 Å². The second kappa shape index (κ2) is 7.59. The Kier molecular flexibility index (Phi) is 5.45. The van der Waals surface area contributed by atoms with E-state index < -0.39 is 11.0 Å². The molecule has 0 aliphatic carbocycles. The summed E-state index contributed by atoms with van der Waals surface area (Å²) in [4.78, 5) is 13.9. The van der Waals surface area contributed by atoms with Crippen LogP contribution in [0.4, 0.5) is 0 Å². The summed E-state index contributed by atoms with van der Waals surface area (Å²) in [5.74, 6) is 0.0232. The lowest BCUT2D eigenvalue weighted by Gasteiger charge is -2.42. The maximum atomic E-state index is 12.1. The number of hydrogen-bond donors (Lipinski definition) is 1. The van der Waals surface area contributed by atoms with Crippen LogP contribution < -0.4 is 0 Å². The standard InChI is InChI=1S/C21H24ClNO2/c1-16(22)20(24)23-14-12-19(13-15-23)21(25,17-8-4-2-5-9-17)18-10-6-3-7-11-18/h2-11,16,19,25H,12-15H2,1H3. The summed E-state index contributed by atoms with van der Waals surface area (Å²) >= 11 is 5.94. The molecule has 1 saturated heterocycles. The first-order valence-corrected chi connectivity index (χ1v) is 9.23. The van der Waals surface area contributed by atoms with E-state index in [1.165, 1.54) is 0 Å². The molecule has 2 aromatic rings. The Hall–Kier alpha value is -1.84. The van der Waals surface area contributed by atoms with E-state index in [4.69, 9.17) is 11.6 Å². The number of carbonyl (C=O) groups is 1. The van der Waals surface area contributed by atoms with Gasteiger partial charge in [0, 0.05) is 13.1 Å². The molecular formula is C21H24ClNO2. The van der Waals surface area contributed by atoms with Crippen LogP contribution in [0.2, 0.25) is 0 Å². The van der Waals surface area contributed by atoms with Gasteiger partial charge in [-0.05, 0) is 36.8 Å². The summed E-state index contributed by atoms with van der Waals surface area (Å²) in [7, 11) is 0. The molecule has 1 fully saturated rings. The van der Waals surface area contributed by atoms with Gasteiger partial charge in [-0.15, -0.1) is 11.6 Å². The molecule has 132 valence electrons. The average Bonchev–Trinajstić information content (AvgIpc) is 2.68. The Morgan fingerprint density at radius 1 is 1.04 bits per heavy atom. The van der Waals surface area contributed by atoms with Crippen molar-refractivity contribution in [1.82, 2.24) is 4.90 Å². The number of nitrogens with zero attached hydrogens (tertiary/aromatic N) is 1. The summed E-state index contributed by atoms with van der Waals surface area (Å²) < 4.78 is 0. The molecule has 1 N–H and O–H groups in total. The van der Waals surface area contributed by atoms with E-state index in [1.807, 2.05) is 65.6 Å². The summed E-state index contributed by atoms with van der Waals surface area (Å²) in [6.07, 6.45) is 1.49. The van der Waals surface area contributed by atoms with Gasteiger partial charge < -0.3 is 10.0 Å². The van der Waals surface area contributed by atoms with E-state index in [-0.39, 0.29) is 11.8 Å². The zero-order chi connectivity index (χ0) is 17.9. The predicted molar refractivity (Wildman–Crippen MR) is 101 cm³/mol. The first kappa shape index (κ1) is 18.0. The van der Waals surface area contributed by atoms with Gasteiger partial charge in [-0.2, -0.15) is 0 Å². The SMILES string of the molecule is CC(Cl)C(=O)N1CCC(C(O)(c2ccccc2)c2ccccc2)CC1. The summed E-state index contributed by atoms with van der Waals surface area (Å²) in [5.41, 5.74) is 0.748. The molecule has 3 rings (SSSR count). The van der Waals surface area contributed by atoms with Crippen LogP contribution in [0, 0.1) is 5.92 Å². The van der Waals surface area contributed by atoms with Crippen LogP contribution in [0.25, 0.3) is 0 Å². The maximum Gasteiger partial charge on any atom is 0.240 e. The molecule has 1 aliphatic rings. The monoisotopic (exact) mass is 357 g/mol. The molecule has 1 unspecified atom stereocenters. The zero-order valence-corrected chi connectivity index (χ0v) is 15.2. The van der Waals surface area contributed by atoms with Crippen molar-refractivity contribution in [2.75, 3.05) is 13.1 Å². The summed E-state index contributed by atoms with van der Waals surface area (Å²) in [6.45, 7) is 2.96. The van der Waals surface area contributed by atoms with Crippen molar-refractivity contribution >= 4 is 17.5 Å². The number of aliphatic hydroxyl groups is 1. The predicted octanol–water partition coefficient (Wildman–Crippen LogP) is 3.79. The van der Waals surface area contributed by atoms with Gasteiger partial charge in [0.2, 0.25) is 5.91 Å². The lowest BCUT2D eigenvalue weighted by atomic mass is 9.72. The second-order valence-electron chi connectivity index (χ2n) is 6.71. The van der Waals surface area contributed by atoms with E-state index in [0.717, 1.165) is 24.0 Å². The molecule has 2 aromatic carbocycles. The van der Waals surface area contributed by atoms with Crippen molar-refractivity contribution in [3.8, 4) is 0 Å². The van der Waals surface area contributed by atoms with E-state index in [1.54, 1.807) is 6.92 Å². The second-order valence-corrected chi connectivity index (χ2v) is 7.37. The van der Waals surface area contributed by atoms with Crippen molar-refractivity contribution in [2.24, 2.45) is 5.92 Å². The molecule has 0 bridgehead atoms. The maximum absolute atomic E-state index is 12.1. The van der Waals surface area contributed by atoms with Gasteiger partial charge in [0.25, 0.3) is 0 Å². The van der Waals surface area contributed by atoms with Gasteiger partial charge in [-0.3, -0.25) is 4.79 Å². The Morgan fingerprint density at radius 2 is 1.48 bits per heavy atom. The van der Waals surface area contributed by atoms with Crippen molar-refractivity contribution in [2.45, 2.75) is 30.7 Å². The number of hydrogen-bond acceptors (Lipinski definition) is 2. The highest BCUT2D eigenvalue weighted by Gasteiger charge is 2.42. The fourth-order valence-corrected chi connectivity index (χ4v) is 3.93. The van der Waals surface area contributed by atoms with Gasteiger partial charge in [0.1, 0.15) is 11.0 Å². The van der Waals surface area contributed by atoms with Crippen LogP contribution in [-0.2, 0) is 10.4 Å². The molecule has 1 atom stereocenters. The zero-order valence-electron chi connectivity index (χ0n) is 14.4. The van der Waals surface area contributed by atoms with E-state index in [0.29, 0.717) is 13.1 Å². The number of rotatable bonds is 4. The van der Waals surface area contributed by atoms with Crippen LogP contribution in [0.1, 0.15) is 30.9 Å². The van der Waals surface area contributed by atoms with Gasteiger partial charge in [0.05, 0.1) is 0 Å². The topological polar surface area (TPSA) is 40.5 Å². The molecular weight excluding hydrogens is 334 g/mol. The van der Waals surface area contributed by atoms with Gasteiger partial charge in [-0.1, -0.05) is 60.7 Å². The number of likely N-dealkylation sites (tertiary alicyclic amines) is 1. The minimum Gasteiger partial charge on any atom is -0.380 e. The van der Waals surface area contributed by atoms with E-state index in [9.17, 15) is 9.90 Å². The number of piperidine rings is 1. The molecule has 3 nitrogen and oxygen atoms in total. The number of halogens is 1. The first-order valence-electron chi connectivity index (χ1n) is 8.79. The highest BCUT2D eigenvalue weighted by Crippen LogP contribution is 2.41. The normalized spacial score (nSPS) is 17.3. The number of benzene rings is 2. The van der Waals surface area contributed by atoms with Gasteiger partial charge in [0.15, 0.2) is 0 Å². The fraction of sp³-hybridized carbons (Fsp3) is 0.381. The molecule has 0 spiro atoms.